The lowest BCUT2D eigenvalue weighted by molar-refractivity contribution is 0.665. The molecular weight excluding hydrogens is 797 g/mol. The Labute approximate surface area is 355 Å². The van der Waals surface area contributed by atoms with Crippen LogP contribution in [0.25, 0.3) is 96.9 Å². The normalized spacial score (nSPS) is 11.9. The predicted octanol–water partition coefficient (Wildman–Crippen LogP) is 10.9. The van der Waals surface area contributed by atoms with Crippen LogP contribution in [0.2, 0.25) is 0 Å². The van der Waals surface area contributed by atoms with Gasteiger partial charge in [-0.1, -0.05) is 78.9 Å². The van der Waals surface area contributed by atoms with E-state index in [-0.39, 0.29) is 0 Å². The third-order valence-electron chi connectivity index (χ3n) is 10.9. The molecule has 0 saturated carbocycles. The third-order valence-corrected chi connectivity index (χ3v) is 13.1. The van der Waals surface area contributed by atoms with Crippen LogP contribution in [0.1, 0.15) is 0 Å². The molecule has 292 valence electrons. The van der Waals surface area contributed by atoms with E-state index < -0.39 is 0 Å². The van der Waals surface area contributed by atoms with Crippen LogP contribution in [0.4, 0.5) is 17.1 Å². The lowest BCUT2D eigenvalue weighted by atomic mass is 10.00. The Kier molecular flexibility index (Phi) is 7.92. The van der Waals surface area contributed by atoms with Gasteiger partial charge >= 0.3 is 0 Å². The van der Waals surface area contributed by atoms with Gasteiger partial charge in [-0.3, -0.25) is 0 Å². The Bertz CT molecular complexity index is 3380. The number of fused-ring (bicyclic) bond motifs is 5. The molecule has 14 heteroatoms. The number of rotatable bonds is 7. The number of aromatic nitrogens is 11. The van der Waals surface area contributed by atoms with E-state index in [2.05, 4.69) is 125 Å². The number of thiazole rings is 2. The van der Waals surface area contributed by atoms with Crippen molar-refractivity contribution in [2.24, 2.45) is 21.1 Å². The molecule has 0 saturated heterocycles. The van der Waals surface area contributed by atoms with Crippen molar-refractivity contribution in [2.75, 3.05) is 4.90 Å². The molecule has 12 aromatic rings. The predicted molar refractivity (Wildman–Crippen MR) is 245 cm³/mol. The lowest BCUT2D eigenvalue weighted by Crippen LogP contribution is -2.12. The van der Waals surface area contributed by atoms with Gasteiger partial charge in [0.15, 0.2) is 0 Å². The summed E-state index contributed by atoms with van der Waals surface area (Å²) in [6, 6.07) is 48.0. The van der Waals surface area contributed by atoms with Gasteiger partial charge in [-0.25, -0.2) is 9.97 Å². The maximum Gasteiger partial charge on any atom is 0.137 e. The molecule has 12 rings (SSSR count). The SMILES string of the molecule is Cn1nc2cccc(N(c3ccc(-c4ccc(-c5nc6ccccc6s5)cc4)c4nn(C)nc34)c3ccc(-c4ccc(-c5nc6ccccc6s5)cc4)c4nn(C)nc34)c2n1. The van der Waals surface area contributed by atoms with E-state index in [0.29, 0.717) is 0 Å². The number of aryl methyl sites for hydroxylation is 3. The van der Waals surface area contributed by atoms with E-state index in [1.807, 2.05) is 45.4 Å². The first kappa shape index (κ1) is 35.3. The molecule has 0 bridgehead atoms. The first-order chi connectivity index (χ1) is 29.9. The molecule has 0 spiro atoms. The van der Waals surface area contributed by atoms with E-state index in [0.717, 1.165) is 105 Å². The van der Waals surface area contributed by atoms with Crippen molar-refractivity contribution in [3.8, 4) is 43.4 Å². The topological polar surface area (TPSA) is 121 Å². The second-order valence-electron chi connectivity index (χ2n) is 14.8. The third kappa shape index (κ3) is 5.86. The number of nitrogens with zero attached hydrogens (tertiary/aromatic N) is 12. The van der Waals surface area contributed by atoms with Crippen molar-refractivity contribution in [3.63, 3.8) is 0 Å². The molecule has 0 aliphatic carbocycles. The number of hydrogen-bond donors (Lipinski definition) is 0. The van der Waals surface area contributed by atoms with Crippen molar-refractivity contribution in [1.29, 1.82) is 0 Å². The van der Waals surface area contributed by atoms with Crippen LogP contribution in [-0.2, 0) is 21.1 Å². The summed E-state index contributed by atoms with van der Waals surface area (Å²) in [6.45, 7) is 0. The second kappa shape index (κ2) is 13.7. The van der Waals surface area contributed by atoms with Crippen LogP contribution >= 0.6 is 22.7 Å². The Morgan fingerprint density at radius 3 is 1.28 bits per heavy atom. The van der Waals surface area contributed by atoms with Gasteiger partial charge in [0.25, 0.3) is 0 Å². The van der Waals surface area contributed by atoms with Gasteiger partial charge in [-0.15, -0.1) is 22.7 Å². The standard InChI is InChI=1S/C47H32N12S2/c1-56-50-35-11-8-12-36(43(35)53-56)59(37-25-23-31(41-44(37)54-57(2)51-41)27-15-19-29(20-16-27)46-48-33-9-4-6-13-39(33)60-46)38-26-24-32(42-45(38)55-58(3)52-42)28-17-21-30(22-18-28)47-49-34-10-5-7-14-40(34)61-47/h4-26H,1-3H3. The van der Waals surface area contributed by atoms with E-state index >= 15 is 0 Å². The number of anilines is 3. The molecule has 0 amide bonds. The molecule has 0 aliphatic heterocycles. The van der Waals surface area contributed by atoms with Crippen molar-refractivity contribution >= 4 is 93.3 Å². The largest absolute Gasteiger partial charge is 0.304 e. The fourth-order valence-corrected chi connectivity index (χ4v) is 10.1. The average Bonchev–Trinajstić information content (AvgIpc) is 4.13. The molecule has 61 heavy (non-hydrogen) atoms. The molecule has 0 aliphatic rings. The molecule has 7 aromatic carbocycles. The summed E-state index contributed by atoms with van der Waals surface area (Å²) < 4.78 is 2.34. The highest BCUT2D eigenvalue weighted by molar-refractivity contribution is 7.22. The zero-order valence-electron chi connectivity index (χ0n) is 33.0. The molecule has 0 atom stereocenters. The first-order valence-electron chi connectivity index (χ1n) is 19.6. The summed E-state index contributed by atoms with van der Waals surface area (Å²) in [5.74, 6) is 0. The van der Waals surface area contributed by atoms with Crippen LogP contribution in [0, 0.1) is 0 Å². The van der Waals surface area contributed by atoms with Gasteiger partial charge in [0.2, 0.25) is 0 Å². The fourth-order valence-electron chi connectivity index (χ4n) is 8.16. The minimum atomic E-state index is 0.725. The molecule has 0 radical (unpaired) electrons. The van der Waals surface area contributed by atoms with Gasteiger partial charge in [-0.2, -0.15) is 45.0 Å². The summed E-state index contributed by atoms with van der Waals surface area (Å²) in [4.78, 5) is 16.8. The Morgan fingerprint density at radius 2 is 0.770 bits per heavy atom. The second-order valence-corrected chi connectivity index (χ2v) is 16.9. The van der Waals surface area contributed by atoms with Crippen LogP contribution in [0.15, 0.2) is 140 Å². The summed E-state index contributed by atoms with van der Waals surface area (Å²) in [6.07, 6.45) is 0. The van der Waals surface area contributed by atoms with Gasteiger partial charge in [0, 0.05) is 43.4 Å². The smallest absolute Gasteiger partial charge is 0.137 e. The molecule has 0 unspecified atom stereocenters. The quantitative estimate of drug-likeness (QED) is 0.155. The first-order valence-corrected chi connectivity index (χ1v) is 21.3. The molecule has 0 N–H and O–H groups in total. The minimum Gasteiger partial charge on any atom is -0.304 e. The molecule has 5 heterocycles. The minimum absolute atomic E-state index is 0.725. The Hall–Kier alpha value is -7.68. The zero-order valence-corrected chi connectivity index (χ0v) is 34.6. The van der Waals surface area contributed by atoms with Crippen LogP contribution < -0.4 is 4.90 Å². The van der Waals surface area contributed by atoms with Crippen molar-refractivity contribution in [2.45, 2.75) is 0 Å². The van der Waals surface area contributed by atoms with Gasteiger partial charge in [0.05, 0.1) is 37.5 Å². The maximum atomic E-state index is 5.01. The van der Waals surface area contributed by atoms with Gasteiger partial charge < -0.3 is 4.90 Å². The van der Waals surface area contributed by atoms with E-state index in [1.165, 1.54) is 9.40 Å². The van der Waals surface area contributed by atoms with Crippen LogP contribution in [0.3, 0.4) is 0 Å². The number of hydrogen-bond acceptors (Lipinski definition) is 11. The van der Waals surface area contributed by atoms with E-state index in [4.69, 9.17) is 35.5 Å². The Balaban J connectivity index is 0.995. The highest BCUT2D eigenvalue weighted by Crippen LogP contribution is 2.46. The van der Waals surface area contributed by atoms with E-state index in [9.17, 15) is 0 Å². The van der Waals surface area contributed by atoms with Crippen molar-refractivity contribution in [3.05, 3.63) is 140 Å². The average molecular weight is 829 g/mol. The summed E-state index contributed by atoms with van der Waals surface area (Å²) >= 11 is 3.39. The van der Waals surface area contributed by atoms with Gasteiger partial charge in [-0.05, 0) is 71.8 Å². The van der Waals surface area contributed by atoms with Crippen molar-refractivity contribution in [1.82, 2.24) is 54.9 Å². The lowest BCUT2D eigenvalue weighted by Gasteiger charge is -2.26. The van der Waals surface area contributed by atoms with Gasteiger partial charge in [0.1, 0.15) is 43.1 Å². The molecule has 12 nitrogen and oxygen atoms in total. The van der Waals surface area contributed by atoms with E-state index in [1.54, 1.807) is 37.1 Å². The zero-order chi connectivity index (χ0) is 40.8. The highest BCUT2D eigenvalue weighted by Gasteiger charge is 2.27. The highest BCUT2D eigenvalue weighted by atomic mass is 32.1. The maximum absolute atomic E-state index is 5.01. The number of para-hydroxylation sites is 2. The monoisotopic (exact) mass is 828 g/mol. The van der Waals surface area contributed by atoms with Crippen LogP contribution in [0.5, 0.6) is 0 Å². The fraction of sp³-hybridized carbons (Fsp3) is 0.0638. The number of benzene rings is 7. The summed E-state index contributed by atoms with van der Waals surface area (Å²) in [7, 11) is 5.55. The molecule has 0 fully saturated rings. The Morgan fingerprint density at radius 1 is 0.361 bits per heavy atom. The van der Waals surface area contributed by atoms with Crippen LogP contribution in [-0.4, -0.2) is 54.9 Å². The summed E-state index contributed by atoms with van der Waals surface area (Å²) in [5.41, 5.74) is 15.1. The molecular formula is C47H32N12S2. The van der Waals surface area contributed by atoms with Crippen molar-refractivity contribution < 1.29 is 0 Å². The molecule has 5 aromatic heterocycles. The summed E-state index contributed by atoms with van der Waals surface area (Å²) in [5, 5.41) is 31.4.